The summed E-state index contributed by atoms with van der Waals surface area (Å²) in [4.78, 5) is 0. The third-order valence-electron chi connectivity index (χ3n) is 5.35. The lowest BCUT2D eigenvalue weighted by Crippen LogP contribution is -2.62. The molecule has 3 heterocycles. The Morgan fingerprint density at radius 1 is 1.00 bits per heavy atom. The zero-order valence-corrected chi connectivity index (χ0v) is 12.8. The van der Waals surface area contributed by atoms with Crippen LogP contribution in [0.2, 0.25) is 0 Å². The van der Waals surface area contributed by atoms with Gasteiger partial charge < -0.3 is 9.47 Å². The number of hydrogen-bond donors (Lipinski definition) is 0. The average molecular weight is 270 g/mol. The van der Waals surface area contributed by atoms with Crippen molar-refractivity contribution in [3.8, 4) is 0 Å². The van der Waals surface area contributed by atoms with Crippen molar-refractivity contribution in [1.82, 2.24) is 0 Å². The molecular weight excluding hydrogens is 244 g/mol. The first kappa shape index (κ1) is 13.3. The van der Waals surface area contributed by atoms with Crippen molar-refractivity contribution in [3.63, 3.8) is 0 Å². The summed E-state index contributed by atoms with van der Waals surface area (Å²) in [6, 6.07) is 0. The van der Waals surface area contributed by atoms with Crippen LogP contribution in [0.15, 0.2) is 0 Å². The predicted molar refractivity (Wildman–Crippen MR) is 75.6 cm³/mol. The fourth-order valence-corrected chi connectivity index (χ4v) is 5.26. The molecule has 0 aromatic carbocycles. The lowest BCUT2D eigenvalue weighted by Gasteiger charge is -2.59. The molecule has 3 aliphatic heterocycles. The van der Waals surface area contributed by atoms with Crippen LogP contribution in [-0.4, -0.2) is 24.1 Å². The van der Waals surface area contributed by atoms with Crippen LogP contribution in [-0.2, 0) is 9.47 Å². The molecule has 0 spiro atoms. The molecule has 0 N–H and O–H groups in total. The normalized spacial score (nSPS) is 42.2. The van der Waals surface area contributed by atoms with Gasteiger partial charge in [-0.1, -0.05) is 51.8 Å². The lowest BCUT2D eigenvalue weighted by atomic mass is 9.68. The van der Waals surface area contributed by atoms with E-state index in [-0.39, 0.29) is 15.9 Å². The van der Waals surface area contributed by atoms with Crippen LogP contribution < -0.4 is 0 Å². The van der Waals surface area contributed by atoms with Gasteiger partial charge >= 0.3 is 0 Å². The molecule has 1 saturated carbocycles. The second kappa shape index (κ2) is 4.39. The summed E-state index contributed by atoms with van der Waals surface area (Å²) in [5, 5.41) is -0.284. The van der Waals surface area contributed by atoms with Crippen molar-refractivity contribution in [2.24, 2.45) is 16.7 Å². The molecule has 4 rings (SSSR count). The average Bonchev–Trinajstić information content (AvgIpc) is 2.41. The van der Waals surface area contributed by atoms with E-state index in [1.165, 1.54) is 37.9 Å². The number of fused-ring (bicyclic) bond motifs is 3. The molecule has 0 atom stereocenters. The van der Waals surface area contributed by atoms with Gasteiger partial charge in [-0.3, -0.25) is 0 Å². The van der Waals surface area contributed by atoms with Crippen LogP contribution in [0.3, 0.4) is 0 Å². The van der Waals surface area contributed by atoms with Gasteiger partial charge in [0.1, 0.15) is 0 Å². The molecule has 18 heavy (non-hydrogen) atoms. The summed E-state index contributed by atoms with van der Waals surface area (Å²) in [7, 11) is 0. The van der Waals surface area contributed by atoms with Crippen molar-refractivity contribution in [2.75, 3.05) is 19.0 Å². The van der Waals surface area contributed by atoms with Gasteiger partial charge in [0, 0.05) is 17.1 Å². The maximum absolute atomic E-state index is 6.27. The predicted octanol–water partition coefficient (Wildman–Crippen LogP) is 4.05. The fraction of sp³-hybridized carbons (Fsp3) is 1.00. The third-order valence-corrected chi connectivity index (χ3v) is 7.01. The van der Waals surface area contributed by atoms with Gasteiger partial charge in [-0.2, -0.15) is 0 Å². The van der Waals surface area contributed by atoms with Gasteiger partial charge in [0.2, 0.25) is 5.12 Å². The quantitative estimate of drug-likeness (QED) is 0.716. The molecule has 4 fully saturated rings. The molecule has 2 nitrogen and oxygen atoms in total. The zero-order valence-electron chi connectivity index (χ0n) is 12.0. The van der Waals surface area contributed by atoms with Crippen LogP contribution in [0.5, 0.6) is 0 Å². The van der Waals surface area contributed by atoms with Gasteiger partial charge in [0.25, 0.3) is 0 Å². The minimum absolute atomic E-state index is 0.216. The monoisotopic (exact) mass is 270 g/mol. The number of rotatable bonds is 1. The first-order valence-electron chi connectivity index (χ1n) is 7.39. The van der Waals surface area contributed by atoms with E-state index in [9.17, 15) is 0 Å². The van der Waals surface area contributed by atoms with Gasteiger partial charge in [-0.15, -0.1) is 0 Å². The Morgan fingerprint density at radius 3 is 2.06 bits per heavy atom. The number of ether oxygens (including phenoxy) is 2. The van der Waals surface area contributed by atoms with E-state index in [4.69, 9.17) is 9.47 Å². The van der Waals surface area contributed by atoms with E-state index in [1.54, 1.807) is 0 Å². The summed E-state index contributed by atoms with van der Waals surface area (Å²) in [6.45, 7) is 8.73. The summed E-state index contributed by atoms with van der Waals surface area (Å²) in [5.74, 6) is 1.82. The Morgan fingerprint density at radius 2 is 1.61 bits per heavy atom. The van der Waals surface area contributed by atoms with E-state index >= 15 is 0 Å². The maximum atomic E-state index is 6.27. The smallest absolute Gasteiger partial charge is 0.221 e. The van der Waals surface area contributed by atoms with E-state index < -0.39 is 0 Å². The van der Waals surface area contributed by atoms with Crippen LogP contribution in [0.1, 0.15) is 52.9 Å². The SMILES string of the molecule is CC(C)(C)C12COC(C3CCCCC3)(OC1)SC2. The number of hydrogen-bond acceptors (Lipinski definition) is 3. The Balaban J connectivity index is 1.74. The molecule has 0 unspecified atom stereocenters. The summed E-state index contributed by atoms with van der Waals surface area (Å²) in [5.41, 5.74) is 0.479. The molecular formula is C15H26O2S. The molecule has 0 radical (unpaired) electrons. The van der Waals surface area contributed by atoms with Crippen LogP contribution in [0.4, 0.5) is 0 Å². The molecule has 0 aromatic rings. The molecule has 4 aliphatic rings. The van der Waals surface area contributed by atoms with Crippen molar-refractivity contribution < 1.29 is 9.47 Å². The molecule has 1 aliphatic carbocycles. The lowest BCUT2D eigenvalue weighted by molar-refractivity contribution is -0.298. The van der Waals surface area contributed by atoms with Crippen LogP contribution in [0.25, 0.3) is 0 Å². The van der Waals surface area contributed by atoms with Crippen molar-refractivity contribution in [2.45, 2.75) is 58.0 Å². The highest BCUT2D eigenvalue weighted by Crippen LogP contribution is 2.58. The van der Waals surface area contributed by atoms with Crippen molar-refractivity contribution >= 4 is 11.8 Å². The highest BCUT2D eigenvalue weighted by atomic mass is 32.2. The Labute approximate surface area is 115 Å². The van der Waals surface area contributed by atoms with E-state index in [2.05, 4.69) is 20.8 Å². The van der Waals surface area contributed by atoms with Crippen molar-refractivity contribution in [3.05, 3.63) is 0 Å². The number of thioether (sulfide) groups is 1. The van der Waals surface area contributed by atoms with E-state index in [1.807, 2.05) is 11.8 Å². The van der Waals surface area contributed by atoms with E-state index in [0.29, 0.717) is 5.92 Å². The Bertz CT molecular complexity index is 290. The van der Waals surface area contributed by atoms with Gasteiger partial charge in [-0.25, -0.2) is 0 Å². The second-order valence-corrected chi connectivity index (χ2v) is 8.48. The van der Waals surface area contributed by atoms with Gasteiger partial charge in [-0.05, 0) is 18.3 Å². The summed E-state index contributed by atoms with van der Waals surface area (Å²) < 4.78 is 12.5. The Kier molecular flexibility index (Phi) is 3.23. The molecule has 2 bridgehead atoms. The van der Waals surface area contributed by atoms with Gasteiger partial charge in [0.15, 0.2) is 0 Å². The summed E-state index contributed by atoms with van der Waals surface area (Å²) in [6.07, 6.45) is 6.67. The highest BCUT2D eigenvalue weighted by Gasteiger charge is 2.58. The Hall–Kier alpha value is 0.270. The molecule has 104 valence electrons. The molecule has 3 heteroatoms. The molecule has 0 aromatic heterocycles. The first-order chi connectivity index (χ1) is 8.48. The van der Waals surface area contributed by atoms with Gasteiger partial charge in [0.05, 0.1) is 13.2 Å². The second-order valence-electron chi connectivity index (χ2n) is 7.33. The minimum atomic E-state index is -0.284. The topological polar surface area (TPSA) is 18.5 Å². The molecule has 3 saturated heterocycles. The fourth-order valence-electron chi connectivity index (χ4n) is 3.43. The first-order valence-corrected chi connectivity index (χ1v) is 8.38. The third kappa shape index (κ3) is 1.94. The minimum Gasteiger partial charge on any atom is -0.340 e. The highest BCUT2D eigenvalue weighted by molar-refractivity contribution is 8.00. The van der Waals surface area contributed by atoms with Crippen LogP contribution in [0, 0.1) is 16.7 Å². The van der Waals surface area contributed by atoms with E-state index in [0.717, 1.165) is 13.2 Å². The maximum Gasteiger partial charge on any atom is 0.221 e. The van der Waals surface area contributed by atoms with Crippen LogP contribution >= 0.6 is 11.8 Å². The van der Waals surface area contributed by atoms with Crippen molar-refractivity contribution in [1.29, 1.82) is 0 Å². The zero-order chi connectivity index (χ0) is 12.9. The summed E-state index contributed by atoms with van der Waals surface area (Å²) >= 11 is 1.95. The molecule has 0 amide bonds. The standard InChI is InChI=1S/C15H26O2S/c1-13(2,3)14-9-16-15(17-10-14,18-11-14)12-7-5-4-6-8-12/h12H,4-11H2,1-3H3. The largest absolute Gasteiger partial charge is 0.340 e.